The highest BCUT2D eigenvalue weighted by molar-refractivity contribution is 5.70. The molecule has 98 valence electrons. The molecule has 0 aliphatic carbocycles. The molecule has 1 heterocycles. The zero-order valence-corrected chi connectivity index (χ0v) is 10.4. The van der Waals surface area contributed by atoms with Crippen molar-refractivity contribution in [1.29, 1.82) is 0 Å². The SMILES string of the molecule is CCOC(=O)CC(C)N1CCN(C(=O)O)CC1. The molecule has 1 atom stereocenters. The highest BCUT2D eigenvalue weighted by Gasteiger charge is 2.24. The Morgan fingerprint density at radius 1 is 1.29 bits per heavy atom. The molecule has 1 rings (SSSR count). The quantitative estimate of drug-likeness (QED) is 0.734. The molecule has 1 aliphatic rings. The van der Waals surface area contributed by atoms with E-state index in [9.17, 15) is 9.59 Å². The molecular weight excluding hydrogens is 224 g/mol. The van der Waals surface area contributed by atoms with Crippen LogP contribution in [0.3, 0.4) is 0 Å². The number of ether oxygens (including phenoxy) is 1. The highest BCUT2D eigenvalue weighted by atomic mass is 16.5. The molecule has 0 aromatic carbocycles. The number of carbonyl (C=O) groups excluding carboxylic acids is 1. The summed E-state index contributed by atoms with van der Waals surface area (Å²) in [7, 11) is 0. The smallest absolute Gasteiger partial charge is 0.407 e. The van der Waals surface area contributed by atoms with Gasteiger partial charge in [-0.25, -0.2) is 4.79 Å². The molecule has 0 bridgehead atoms. The van der Waals surface area contributed by atoms with Gasteiger partial charge in [0.05, 0.1) is 13.0 Å². The number of carboxylic acid groups (broad SMARTS) is 1. The Labute approximate surface area is 101 Å². The van der Waals surface area contributed by atoms with Gasteiger partial charge in [-0.05, 0) is 13.8 Å². The second kappa shape index (κ2) is 6.44. The molecule has 1 saturated heterocycles. The van der Waals surface area contributed by atoms with Crippen molar-refractivity contribution in [2.24, 2.45) is 0 Å². The van der Waals surface area contributed by atoms with E-state index in [0.717, 1.165) is 0 Å². The molecule has 0 aromatic rings. The van der Waals surface area contributed by atoms with Crippen LogP contribution in [0, 0.1) is 0 Å². The van der Waals surface area contributed by atoms with Crippen LogP contribution in [0.15, 0.2) is 0 Å². The molecule has 17 heavy (non-hydrogen) atoms. The molecule has 1 N–H and O–H groups in total. The van der Waals surface area contributed by atoms with Gasteiger partial charge in [0.25, 0.3) is 0 Å². The molecule has 1 aliphatic heterocycles. The number of nitrogens with zero attached hydrogens (tertiary/aromatic N) is 2. The zero-order chi connectivity index (χ0) is 12.8. The Morgan fingerprint density at radius 3 is 2.35 bits per heavy atom. The summed E-state index contributed by atoms with van der Waals surface area (Å²) in [6, 6.07) is 0.102. The third-order valence-corrected chi connectivity index (χ3v) is 2.98. The van der Waals surface area contributed by atoms with Gasteiger partial charge in [-0.2, -0.15) is 0 Å². The van der Waals surface area contributed by atoms with E-state index >= 15 is 0 Å². The highest BCUT2D eigenvalue weighted by Crippen LogP contribution is 2.09. The first kappa shape index (κ1) is 13.8. The van der Waals surface area contributed by atoms with Crippen LogP contribution in [-0.4, -0.2) is 65.8 Å². The zero-order valence-electron chi connectivity index (χ0n) is 10.4. The maximum Gasteiger partial charge on any atom is 0.407 e. The van der Waals surface area contributed by atoms with Crippen LogP contribution in [-0.2, 0) is 9.53 Å². The lowest BCUT2D eigenvalue weighted by Gasteiger charge is -2.36. The van der Waals surface area contributed by atoms with Gasteiger partial charge in [-0.15, -0.1) is 0 Å². The summed E-state index contributed by atoms with van der Waals surface area (Å²) in [5.74, 6) is -0.194. The first-order chi connectivity index (χ1) is 8.04. The van der Waals surface area contributed by atoms with Crippen molar-refractivity contribution in [2.45, 2.75) is 26.3 Å². The molecule has 6 nitrogen and oxygen atoms in total. The molecule has 1 unspecified atom stereocenters. The molecule has 0 aromatic heterocycles. The van der Waals surface area contributed by atoms with Crippen LogP contribution >= 0.6 is 0 Å². The first-order valence-corrected chi connectivity index (χ1v) is 5.92. The van der Waals surface area contributed by atoms with Gasteiger partial charge >= 0.3 is 12.1 Å². The Kier molecular flexibility index (Phi) is 5.21. The minimum Gasteiger partial charge on any atom is -0.466 e. The van der Waals surface area contributed by atoms with Crippen LogP contribution in [0.5, 0.6) is 0 Å². The monoisotopic (exact) mass is 244 g/mol. The van der Waals surface area contributed by atoms with E-state index in [2.05, 4.69) is 4.90 Å². The van der Waals surface area contributed by atoms with Gasteiger partial charge in [0.15, 0.2) is 0 Å². The number of amides is 1. The second-order valence-electron chi connectivity index (χ2n) is 4.16. The number of esters is 1. The molecule has 1 fully saturated rings. The molecule has 6 heteroatoms. The molecule has 1 amide bonds. The van der Waals surface area contributed by atoms with Gasteiger partial charge in [0.2, 0.25) is 0 Å². The minimum atomic E-state index is -0.873. The van der Waals surface area contributed by atoms with Gasteiger partial charge in [-0.1, -0.05) is 0 Å². The van der Waals surface area contributed by atoms with Gasteiger partial charge in [-0.3, -0.25) is 9.69 Å². The van der Waals surface area contributed by atoms with Crippen molar-refractivity contribution in [3.05, 3.63) is 0 Å². The Bertz CT molecular complexity index is 275. The van der Waals surface area contributed by atoms with Crippen molar-refractivity contribution in [3.63, 3.8) is 0 Å². The largest absolute Gasteiger partial charge is 0.466 e. The van der Waals surface area contributed by atoms with Crippen LogP contribution in [0.25, 0.3) is 0 Å². The van der Waals surface area contributed by atoms with Crippen LogP contribution in [0.1, 0.15) is 20.3 Å². The minimum absolute atomic E-state index is 0.102. The van der Waals surface area contributed by atoms with Crippen LogP contribution in [0.2, 0.25) is 0 Å². The average Bonchev–Trinajstić information content (AvgIpc) is 2.29. The normalized spacial score (nSPS) is 18.8. The lowest BCUT2D eigenvalue weighted by atomic mass is 10.2. The molecule has 0 saturated carbocycles. The standard InChI is InChI=1S/C11H20N2O4/c1-3-17-10(14)8-9(2)12-4-6-13(7-5-12)11(15)16/h9H,3-8H2,1-2H3,(H,15,16). The maximum atomic E-state index is 11.3. The lowest BCUT2D eigenvalue weighted by Crippen LogP contribution is -2.51. The fraction of sp³-hybridized carbons (Fsp3) is 0.818. The third kappa shape index (κ3) is 4.22. The van der Waals surface area contributed by atoms with E-state index < -0.39 is 6.09 Å². The second-order valence-corrected chi connectivity index (χ2v) is 4.16. The molecular formula is C11H20N2O4. The van der Waals surface area contributed by atoms with Crippen LogP contribution < -0.4 is 0 Å². The van der Waals surface area contributed by atoms with Crippen LogP contribution in [0.4, 0.5) is 4.79 Å². The maximum absolute atomic E-state index is 11.3. The van der Waals surface area contributed by atoms with Gasteiger partial charge in [0, 0.05) is 32.2 Å². The lowest BCUT2D eigenvalue weighted by molar-refractivity contribution is -0.144. The van der Waals surface area contributed by atoms with Crippen molar-refractivity contribution < 1.29 is 19.4 Å². The fourth-order valence-corrected chi connectivity index (χ4v) is 1.94. The van der Waals surface area contributed by atoms with Crippen molar-refractivity contribution in [2.75, 3.05) is 32.8 Å². The molecule has 0 spiro atoms. The van der Waals surface area contributed by atoms with E-state index in [1.165, 1.54) is 4.90 Å². The van der Waals surface area contributed by atoms with Crippen molar-refractivity contribution in [1.82, 2.24) is 9.80 Å². The fourth-order valence-electron chi connectivity index (χ4n) is 1.94. The predicted octanol–water partition coefficient (Wildman–Crippen LogP) is 0.624. The number of hydrogen-bond donors (Lipinski definition) is 1. The summed E-state index contributed by atoms with van der Waals surface area (Å²) in [6.07, 6.45) is -0.510. The summed E-state index contributed by atoms with van der Waals surface area (Å²) in [4.78, 5) is 25.6. The summed E-state index contributed by atoms with van der Waals surface area (Å²) in [5.41, 5.74) is 0. The number of carbonyl (C=O) groups is 2. The summed E-state index contributed by atoms with van der Waals surface area (Å²) >= 11 is 0. The van der Waals surface area contributed by atoms with E-state index in [1.54, 1.807) is 6.92 Å². The average molecular weight is 244 g/mol. The Balaban J connectivity index is 2.33. The van der Waals surface area contributed by atoms with E-state index in [1.807, 2.05) is 6.92 Å². The summed E-state index contributed by atoms with van der Waals surface area (Å²) in [6.45, 7) is 6.50. The molecule has 0 radical (unpaired) electrons. The summed E-state index contributed by atoms with van der Waals surface area (Å²) < 4.78 is 4.89. The van der Waals surface area contributed by atoms with Crippen molar-refractivity contribution in [3.8, 4) is 0 Å². The first-order valence-electron chi connectivity index (χ1n) is 5.92. The van der Waals surface area contributed by atoms with E-state index in [-0.39, 0.29) is 12.0 Å². The topological polar surface area (TPSA) is 70.1 Å². The number of hydrogen-bond acceptors (Lipinski definition) is 4. The van der Waals surface area contributed by atoms with Gasteiger partial charge in [0.1, 0.15) is 0 Å². The predicted molar refractivity (Wildman–Crippen MR) is 61.9 cm³/mol. The number of piperazine rings is 1. The van der Waals surface area contributed by atoms with E-state index in [0.29, 0.717) is 39.2 Å². The number of rotatable bonds is 4. The third-order valence-electron chi connectivity index (χ3n) is 2.98. The van der Waals surface area contributed by atoms with E-state index in [4.69, 9.17) is 9.84 Å². The van der Waals surface area contributed by atoms with Crippen molar-refractivity contribution >= 4 is 12.1 Å². The summed E-state index contributed by atoms with van der Waals surface area (Å²) in [5, 5.41) is 8.81. The Hall–Kier alpha value is -1.30. The Morgan fingerprint density at radius 2 is 1.88 bits per heavy atom. The van der Waals surface area contributed by atoms with Gasteiger partial charge < -0.3 is 14.7 Å².